The average molecular weight is 271 g/mol. The Hall–Kier alpha value is -0.540. The number of nitrogens with one attached hydrogen (secondary N) is 1. The summed E-state index contributed by atoms with van der Waals surface area (Å²) in [6.07, 6.45) is 0. The van der Waals surface area contributed by atoms with E-state index in [1.807, 2.05) is 13.1 Å². The zero-order valence-corrected chi connectivity index (χ0v) is 11.4. The van der Waals surface area contributed by atoms with E-state index >= 15 is 0 Å². The van der Waals surface area contributed by atoms with E-state index in [9.17, 15) is 0 Å². The predicted molar refractivity (Wildman–Crippen MR) is 70.6 cm³/mol. The molecular weight excluding hydrogens is 252 g/mol. The number of benzene rings is 1. The lowest BCUT2D eigenvalue weighted by Crippen LogP contribution is -2.46. The van der Waals surface area contributed by atoms with Gasteiger partial charge in [0.1, 0.15) is 0 Å². The molecule has 84 valence electrons. The molecule has 0 saturated carbocycles. The van der Waals surface area contributed by atoms with E-state index in [0.717, 1.165) is 11.0 Å². The molecule has 0 spiro atoms. The van der Waals surface area contributed by atoms with Gasteiger partial charge in [0, 0.05) is 29.3 Å². The quantitative estimate of drug-likeness (QED) is 0.905. The highest BCUT2D eigenvalue weighted by Crippen LogP contribution is 2.20. The fourth-order valence-corrected chi connectivity index (χ4v) is 1.86. The molecule has 0 aliphatic carbocycles. The molecule has 1 aromatic carbocycles. The van der Waals surface area contributed by atoms with Crippen LogP contribution in [0.1, 0.15) is 13.8 Å². The van der Waals surface area contributed by atoms with E-state index in [0.29, 0.717) is 0 Å². The molecule has 0 fully saturated rings. The molecule has 1 N–H and O–H groups in total. The van der Waals surface area contributed by atoms with Gasteiger partial charge >= 0.3 is 0 Å². The van der Waals surface area contributed by atoms with Crippen LogP contribution in [-0.4, -0.2) is 26.2 Å². The number of likely N-dealkylation sites (N-methyl/N-ethyl adjacent to an activating group) is 2. The number of halogens is 1. The second-order valence-electron chi connectivity index (χ2n) is 4.47. The van der Waals surface area contributed by atoms with Gasteiger partial charge in [-0.1, -0.05) is 22.0 Å². The maximum atomic E-state index is 3.48. The number of hydrogen-bond donors (Lipinski definition) is 1. The van der Waals surface area contributed by atoms with Crippen molar-refractivity contribution in [3.8, 4) is 0 Å². The Morgan fingerprint density at radius 2 is 2.07 bits per heavy atom. The molecule has 2 nitrogen and oxygen atoms in total. The highest BCUT2D eigenvalue weighted by molar-refractivity contribution is 9.10. The first-order chi connectivity index (χ1) is 6.94. The molecule has 0 unspecified atom stereocenters. The van der Waals surface area contributed by atoms with Crippen molar-refractivity contribution in [3.05, 3.63) is 28.7 Å². The SMILES string of the molecule is CNC(C)(C)CN(C)c1cccc(Br)c1. The second kappa shape index (κ2) is 4.99. The van der Waals surface area contributed by atoms with Crippen LogP contribution in [0, 0.1) is 0 Å². The molecule has 1 rings (SSSR count). The Kier molecular flexibility index (Phi) is 4.17. The monoisotopic (exact) mass is 270 g/mol. The van der Waals surface area contributed by atoms with Crippen molar-refractivity contribution in [2.45, 2.75) is 19.4 Å². The molecule has 0 heterocycles. The van der Waals surface area contributed by atoms with Gasteiger partial charge in [0.05, 0.1) is 0 Å². The van der Waals surface area contributed by atoms with Gasteiger partial charge in [-0.2, -0.15) is 0 Å². The minimum atomic E-state index is 0.122. The molecular formula is C12H19BrN2. The summed E-state index contributed by atoms with van der Waals surface area (Å²) in [5.74, 6) is 0. The molecule has 0 saturated heterocycles. The molecule has 0 aromatic heterocycles. The standard InChI is InChI=1S/C12H19BrN2/c1-12(2,14-3)9-15(4)11-7-5-6-10(13)8-11/h5-8,14H,9H2,1-4H3. The van der Waals surface area contributed by atoms with Crippen LogP contribution < -0.4 is 10.2 Å². The van der Waals surface area contributed by atoms with Crippen LogP contribution in [0.15, 0.2) is 28.7 Å². The third kappa shape index (κ3) is 3.84. The molecule has 0 atom stereocenters. The van der Waals surface area contributed by atoms with Crippen molar-refractivity contribution in [1.29, 1.82) is 0 Å². The molecule has 0 aliphatic heterocycles. The van der Waals surface area contributed by atoms with Gasteiger partial charge in [-0.25, -0.2) is 0 Å². The molecule has 1 aromatic rings. The normalized spacial score (nSPS) is 11.5. The van der Waals surface area contributed by atoms with E-state index < -0.39 is 0 Å². The first-order valence-corrected chi connectivity index (χ1v) is 5.89. The maximum absolute atomic E-state index is 3.48. The second-order valence-corrected chi connectivity index (χ2v) is 5.39. The Morgan fingerprint density at radius 1 is 1.40 bits per heavy atom. The van der Waals surface area contributed by atoms with Crippen LogP contribution in [0.5, 0.6) is 0 Å². The van der Waals surface area contributed by atoms with Crippen molar-refractivity contribution in [2.24, 2.45) is 0 Å². The van der Waals surface area contributed by atoms with Crippen molar-refractivity contribution in [3.63, 3.8) is 0 Å². The average Bonchev–Trinajstić information content (AvgIpc) is 2.17. The summed E-state index contributed by atoms with van der Waals surface area (Å²) in [6, 6.07) is 8.35. The van der Waals surface area contributed by atoms with Crippen LogP contribution in [0.4, 0.5) is 5.69 Å². The topological polar surface area (TPSA) is 15.3 Å². The molecule has 15 heavy (non-hydrogen) atoms. The Balaban J connectivity index is 2.73. The van der Waals surface area contributed by atoms with Gasteiger partial charge in [0.25, 0.3) is 0 Å². The molecule has 0 radical (unpaired) electrons. The lowest BCUT2D eigenvalue weighted by molar-refractivity contribution is 0.428. The number of hydrogen-bond acceptors (Lipinski definition) is 2. The highest BCUT2D eigenvalue weighted by atomic mass is 79.9. The summed E-state index contributed by atoms with van der Waals surface area (Å²) in [7, 11) is 4.11. The predicted octanol–water partition coefficient (Wildman–Crippen LogP) is 2.88. The molecule has 3 heteroatoms. The minimum absolute atomic E-state index is 0.122. The van der Waals surface area contributed by atoms with Crippen LogP contribution in [-0.2, 0) is 0 Å². The van der Waals surface area contributed by atoms with Crippen molar-refractivity contribution in [1.82, 2.24) is 5.32 Å². The van der Waals surface area contributed by atoms with E-state index in [1.54, 1.807) is 0 Å². The van der Waals surface area contributed by atoms with Gasteiger partial charge in [-0.3, -0.25) is 0 Å². The third-order valence-corrected chi connectivity index (χ3v) is 3.05. The Bertz CT molecular complexity index is 323. The summed E-state index contributed by atoms with van der Waals surface area (Å²) in [4.78, 5) is 2.25. The zero-order chi connectivity index (χ0) is 11.5. The summed E-state index contributed by atoms with van der Waals surface area (Å²) >= 11 is 3.48. The van der Waals surface area contributed by atoms with E-state index in [1.165, 1.54) is 5.69 Å². The van der Waals surface area contributed by atoms with Gasteiger partial charge < -0.3 is 10.2 Å². The molecule has 0 aliphatic rings. The smallest absolute Gasteiger partial charge is 0.0375 e. The van der Waals surface area contributed by atoms with Crippen molar-refractivity contribution in [2.75, 3.05) is 25.5 Å². The van der Waals surface area contributed by atoms with Crippen molar-refractivity contribution < 1.29 is 0 Å². The van der Waals surface area contributed by atoms with Gasteiger partial charge in [-0.05, 0) is 39.1 Å². The fourth-order valence-electron chi connectivity index (χ4n) is 1.48. The van der Waals surface area contributed by atoms with Crippen LogP contribution in [0.3, 0.4) is 0 Å². The van der Waals surface area contributed by atoms with Crippen LogP contribution in [0.2, 0.25) is 0 Å². The van der Waals surface area contributed by atoms with Gasteiger partial charge in [-0.15, -0.1) is 0 Å². The van der Waals surface area contributed by atoms with Crippen molar-refractivity contribution >= 4 is 21.6 Å². The maximum Gasteiger partial charge on any atom is 0.0375 e. The minimum Gasteiger partial charge on any atom is -0.373 e. The Labute approximate surface area is 101 Å². The number of nitrogens with zero attached hydrogens (tertiary/aromatic N) is 1. The van der Waals surface area contributed by atoms with E-state index in [4.69, 9.17) is 0 Å². The summed E-state index contributed by atoms with van der Waals surface area (Å²) in [5, 5.41) is 3.30. The summed E-state index contributed by atoms with van der Waals surface area (Å²) in [6.45, 7) is 5.36. The summed E-state index contributed by atoms with van der Waals surface area (Å²) in [5.41, 5.74) is 1.35. The van der Waals surface area contributed by atoms with Crippen LogP contribution >= 0.6 is 15.9 Å². The highest BCUT2D eigenvalue weighted by Gasteiger charge is 2.17. The number of anilines is 1. The lowest BCUT2D eigenvalue weighted by atomic mass is 10.1. The molecule has 0 amide bonds. The largest absolute Gasteiger partial charge is 0.373 e. The van der Waals surface area contributed by atoms with Gasteiger partial charge in [0.15, 0.2) is 0 Å². The Morgan fingerprint density at radius 3 is 2.60 bits per heavy atom. The fraction of sp³-hybridized carbons (Fsp3) is 0.500. The van der Waals surface area contributed by atoms with E-state index in [2.05, 4.69) is 65.2 Å². The molecule has 0 bridgehead atoms. The van der Waals surface area contributed by atoms with E-state index in [-0.39, 0.29) is 5.54 Å². The van der Waals surface area contributed by atoms with Crippen LogP contribution in [0.25, 0.3) is 0 Å². The first-order valence-electron chi connectivity index (χ1n) is 5.10. The zero-order valence-electron chi connectivity index (χ0n) is 9.84. The lowest BCUT2D eigenvalue weighted by Gasteiger charge is -2.31. The summed E-state index contributed by atoms with van der Waals surface area (Å²) < 4.78 is 1.12. The third-order valence-electron chi connectivity index (χ3n) is 2.56. The van der Waals surface area contributed by atoms with Gasteiger partial charge in [0.2, 0.25) is 0 Å². The number of rotatable bonds is 4. The first kappa shape index (κ1) is 12.5.